The van der Waals surface area contributed by atoms with E-state index >= 15 is 0 Å². The van der Waals surface area contributed by atoms with Crippen molar-refractivity contribution in [1.29, 1.82) is 0 Å². The Morgan fingerprint density at radius 3 is 2.40 bits per heavy atom. The van der Waals surface area contributed by atoms with Crippen molar-refractivity contribution in [1.82, 2.24) is 0 Å². The van der Waals surface area contributed by atoms with E-state index in [0.717, 1.165) is 0 Å². The van der Waals surface area contributed by atoms with Gasteiger partial charge in [0.2, 0.25) is 5.96 Å². The third kappa shape index (κ3) is 3.47. The van der Waals surface area contributed by atoms with E-state index in [1.807, 2.05) is 0 Å². The number of nitrogen functional groups attached to an aromatic ring is 1. The highest BCUT2D eigenvalue weighted by atomic mass is 32.2. The zero-order valence-corrected chi connectivity index (χ0v) is 8.74. The van der Waals surface area contributed by atoms with E-state index in [4.69, 9.17) is 17.2 Å². The normalized spacial score (nSPS) is 10.9. The standard InChI is InChI=1S/C8H12N4O2S/c9-7-4-2-1-3-6(7)5-15(13,14)12-8(10)11/h1-4H,5,9H2,(H4,10,11,12). The van der Waals surface area contributed by atoms with Crippen molar-refractivity contribution in [3.63, 3.8) is 0 Å². The quantitative estimate of drug-likeness (QED) is 0.361. The maximum Gasteiger partial charge on any atom is 0.260 e. The molecule has 6 N–H and O–H groups in total. The van der Waals surface area contributed by atoms with E-state index in [9.17, 15) is 8.42 Å². The van der Waals surface area contributed by atoms with Crippen LogP contribution in [0.2, 0.25) is 0 Å². The van der Waals surface area contributed by atoms with Gasteiger partial charge in [0.05, 0.1) is 5.75 Å². The Bertz CT molecular complexity index is 477. The second-order valence-electron chi connectivity index (χ2n) is 2.94. The van der Waals surface area contributed by atoms with Gasteiger partial charge in [-0.1, -0.05) is 18.2 Å². The van der Waals surface area contributed by atoms with Crippen LogP contribution in [0, 0.1) is 0 Å². The van der Waals surface area contributed by atoms with E-state index < -0.39 is 16.0 Å². The predicted molar refractivity (Wildman–Crippen MR) is 59.3 cm³/mol. The van der Waals surface area contributed by atoms with E-state index in [0.29, 0.717) is 11.3 Å². The third-order valence-electron chi connectivity index (χ3n) is 1.64. The van der Waals surface area contributed by atoms with E-state index in [2.05, 4.69) is 4.40 Å². The molecular weight excluding hydrogens is 216 g/mol. The fourth-order valence-electron chi connectivity index (χ4n) is 1.06. The highest BCUT2D eigenvalue weighted by Crippen LogP contribution is 2.14. The van der Waals surface area contributed by atoms with Gasteiger partial charge in [-0.3, -0.25) is 0 Å². The maximum absolute atomic E-state index is 11.4. The van der Waals surface area contributed by atoms with Gasteiger partial charge in [-0.05, 0) is 11.6 Å². The van der Waals surface area contributed by atoms with Crippen molar-refractivity contribution in [2.45, 2.75) is 5.75 Å². The van der Waals surface area contributed by atoms with Crippen molar-refractivity contribution in [2.24, 2.45) is 15.9 Å². The molecule has 15 heavy (non-hydrogen) atoms. The third-order valence-corrected chi connectivity index (χ3v) is 2.80. The number of hydrogen-bond acceptors (Lipinski definition) is 3. The monoisotopic (exact) mass is 228 g/mol. The minimum absolute atomic E-state index is 0.308. The number of hydrogen-bond donors (Lipinski definition) is 3. The molecule has 82 valence electrons. The molecule has 1 aromatic rings. The van der Waals surface area contributed by atoms with Gasteiger partial charge in [-0.25, -0.2) is 8.42 Å². The molecule has 0 heterocycles. The van der Waals surface area contributed by atoms with Crippen LogP contribution in [0.1, 0.15) is 5.56 Å². The Kier molecular flexibility index (Phi) is 3.15. The number of nitrogens with zero attached hydrogens (tertiary/aromatic N) is 1. The second-order valence-corrected chi connectivity index (χ2v) is 4.58. The number of sulfonamides is 1. The number of guanidine groups is 1. The summed E-state index contributed by atoms with van der Waals surface area (Å²) in [5.41, 5.74) is 16.4. The largest absolute Gasteiger partial charge is 0.398 e. The fraction of sp³-hybridized carbons (Fsp3) is 0.125. The number of nitrogens with two attached hydrogens (primary N) is 3. The van der Waals surface area contributed by atoms with Crippen molar-refractivity contribution >= 4 is 21.7 Å². The lowest BCUT2D eigenvalue weighted by Gasteiger charge is -2.03. The molecule has 6 nitrogen and oxygen atoms in total. The summed E-state index contributed by atoms with van der Waals surface area (Å²) < 4.78 is 25.9. The number of para-hydroxylation sites is 1. The molecule has 7 heteroatoms. The Morgan fingerprint density at radius 1 is 1.27 bits per heavy atom. The maximum atomic E-state index is 11.4. The van der Waals surface area contributed by atoms with Gasteiger partial charge in [0.1, 0.15) is 0 Å². The number of anilines is 1. The van der Waals surface area contributed by atoms with Gasteiger partial charge in [-0.2, -0.15) is 0 Å². The molecule has 0 saturated carbocycles. The molecule has 0 atom stereocenters. The Labute approximate surface area is 87.8 Å². The number of rotatable bonds is 3. The lowest BCUT2D eigenvalue weighted by atomic mass is 10.2. The molecule has 1 aromatic carbocycles. The van der Waals surface area contributed by atoms with Crippen LogP contribution in [0.15, 0.2) is 28.7 Å². The predicted octanol–water partition coefficient (Wildman–Crippen LogP) is -0.628. The summed E-state index contributed by atoms with van der Waals surface area (Å²) in [5.74, 6) is -0.790. The van der Waals surface area contributed by atoms with Crippen molar-refractivity contribution < 1.29 is 8.42 Å². The first-order valence-electron chi connectivity index (χ1n) is 4.08. The van der Waals surface area contributed by atoms with Crippen LogP contribution in [0.3, 0.4) is 0 Å². The molecule has 0 aromatic heterocycles. The Morgan fingerprint density at radius 2 is 1.87 bits per heavy atom. The minimum Gasteiger partial charge on any atom is -0.398 e. The highest BCUT2D eigenvalue weighted by molar-refractivity contribution is 7.89. The fourth-order valence-corrected chi connectivity index (χ4v) is 2.10. The van der Waals surface area contributed by atoms with Crippen molar-refractivity contribution in [3.8, 4) is 0 Å². The lowest BCUT2D eigenvalue weighted by Crippen LogP contribution is -2.24. The second kappa shape index (κ2) is 4.18. The summed E-state index contributed by atoms with van der Waals surface area (Å²) in [6.07, 6.45) is 0. The Balaban J connectivity index is 2.98. The van der Waals surface area contributed by atoms with Gasteiger partial charge >= 0.3 is 0 Å². The van der Waals surface area contributed by atoms with Crippen LogP contribution < -0.4 is 17.2 Å². The molecule has 0 amide bonds. The SMILES string of the molecule is NC(N)=NS(=O)(=O)Cc1ccccc1N. The zero-order chi connectivity index (χ0) is 11.5. The zero-order valence-electron chi connectivity index (χ0n) is 7.92. The summed E-state index contributed by atoms with van der Waals surface area (Å²) in [5, 5.41) is 0. The summed E-state index contributed by atoms with van der Waals surface area (Å²) in [4.78, 5) is 0. The highest BCUT2D eigenvalue weighted by Gasteiger charge is 2.11. The lowest BCUT2D eigenvalue weighted by molar-refractivity contribution is 0.597. The van der Waals surface area contributed by atoms with Crippen LogP contribution in [-0.2, 0) is 15.8 Å². The minimum atomic E-state index is -3.70. The number of benzene rings is 1. The molecule has 0 aliphatic carbocycles. The van der Waals surface area contributed by atoms with E-state index in [1.165, 1.54) is 0 Å². The molecule has 1 rings (SSSR count). The van der Waals surface area contributed by atoms with E-state index in [1.54, 1.807) is 24.3 Å². The first-order valence-corrected chi connectivity index (χ1v) is 5.68. The van der Waals surface area contributed by atoms with Gasteiger partial charge in [0, 0.05) is 5.69 Å². The molecule has 0 bridgehead atoms. The Hall–Kier alpha value is -1.76. The van der Waals surface area contributed by atoms with Crippen LogP contribution in [0.4, 0.5) is 5.69 Å². The van der Waals surface area contributed by atoms with Gasteiger partial charge in [0.15, 0.2) is 0 Å². The molecular formula is C8H12N4O2S. The van der Waals surface area contributed by atoms with Crippen molar-refractivity contribution in [3.05, 3.63) is 29.8 Å². The van der Waals surface area contributed by atoms with Crippen LogP contribution >= 0.6 is 0 Å². The summed E-state index contributed by atoms with van der Waals surface area (Å²) in [7, 11) is -3.70. The smallest absolute Gasteiger partial charge is 0.260 e. The van der Waals surface area contributed by atoms with Crippen molar-refractivity contribution in [2.75, 3.05) is 5.73 Å². The summed E-state index contributed by atoms with van der Waals surface area (Å²) in [6.45, 7) is 0. The molecule has 0 saturated heterocycles. The molecule has 0 aliphatic rings. The average Bonchev–Trinajstić information content (AvgIpc) is 2.06. The molecule has 0 fully saturated rings. The van der Waals surface area contributed by atoms with Gasteiger partial charge < -0.3 is 17.2 Å². The molecule has 0 radical (unpaired) electrons. The summed E-state index contributed by atoms with van der Waals surface area (Å²) >= 11 is 0. The van der Waals surface area contributed by atoms with Gasteiger partial charge in [0.25, 0.3) is 10.0 Å². The summed E-state index contributed by atoms with van der Waals surface area (Å²) in [6, 6.07) is 6.62. The van der Waals surface area contributed by atoms with Crippen LogP contribution in [0.5, 0.6) is 0 Å². The topological polar surface area (TPSA) is 125 Å². The van der Waals surface area contributed by atoms with E-state index in [-0.39, 0.29) is 5.75 Å². The first kappa shape index (κ1) is 11.3. The van der Waals surface area contributed by atoms with Gasteiger partial charge in [-0.15, -0.1) is 4.40 Å². The molecule has 0 aliphatic heterocycles. The molecule has 0 spiro atoms. The van der Waals surface area contributed by atoms with Crippen LogP contribution in [0.25, 0.3) is 0 Å². The first-order chi connectivity index (χ1) is 6.91. The van der Waals surface area contributed by atoms with Crippen LogP contribution in [-0.4, -0.2) is 14.4 Å². The average molecular weight is 228 g/mol. The molecule has 0 unspecified atom stereocenters.